The third kappa shape index (κ3) is 2.41. The van der Waals surface area contributed by atoms with E-state index in [0.717, 1.165) is 22.2 Å². The molecule has 0 aliphatic heterocycles. The predicted molar refractivity (Wildman–Crippen MR) is 96.5 cm³/mol. The molecule has 2 heterocycles. The first-order chi connectivity index (χ1) is 12.1. The molecular formula is C20H16N2O3. The molecule has 0 saturated carbocycles. The van der Waals surface area contributed by atoms with E-state index in [1.54, 1.807) is 17.8 Å². The zero-order chi connectivity index (χ0) is 17.6. The fourth-order valence-electron chi connectivity index (χ4n) is 3.14. The van der Waals surface area contributed by atoms with Crippen LogP contribution in [0.4, 0.5) is 0 Å². The first-order valence-corrected chi connectivity index (χ1v) is 7.90. The second-order valence-corrected chi connectivity index (χ2v) is 5.96. The number of benzene rings is 2. The zero-order valence-electron chi connectivity index (χ0n) is 13.9. The van der Waals surface area contributed by atoms with Crippen LogP contribution in [0.2, 0.25) is 0 Å². The zero-order valence-corrected chi connectivity index (χ0v) is 13.9. The lowest BCUT2D eigenvalue weighted by Crippen LogP contribution is -2.01. The van der Waals surface area contributed by atoms with Gasteiger partial charge in [-0.15, -0.1) is 0 Å². The third-order valence-electron chi connectivity index (χ3n) is 4.42. The quantitative estimate of drug-likeness (QED) is 0.566. The number of nitrogens with zero attached hydrogens (tertiary/aromatic N) is 2. The lowest BCUT2D eigenvalue weighted by molar-refractivity contribution is 0.469. The van der Waals surface area contributed by atoms with Gasteiger partial charge in [-0.05, 0) is 30.2 Å². The molecule has 0 amide bonds. The summed E-state index contributed by atoms with van der Waals surface area (Å²) in [5, 5.41) is 15.6. The first kappa shape index (κ1) is 15.2. The van der Waals surface area contributed by atoms with Crippen molar-refractivity contribution in [1.29, 1.82) is 0 Å². The Balaban J connectivity index is 2.13. The molecular weight excluding hydrogens is 316 g/mol. The summed E-state index contributed by atoms with van der Waals surface area (Å²) in [5.41, 5.74) is 3.61. The Kier molecular flexibility index (Phi) is 3.42. The molecule has 0 spiro atoms. The molecule has 124 valence electrons. The van der Waals surface area contributed by atoms with Crippen molar-refractivity contribution >= 4 is 11.0 Å². The number of phenols is 1. The van der Waals surface area contributed by atoms with Crippen LogP contribution >= 0.6 is 0 Å². The number of phenolic OH excluding ortho intramolecular Hbond substituents is 1. The highest BCUT2D eigenvalue weighted by molar-refractivity contribution is 5.99. The Morgan fingerprint density at radius 2 is 1.84 bits per heavy atom. The monoisotopic (exact) mass is 332 g/mol. The molecule has 0 atom stereocenters. The molecule has 2 aromatic carbocycles. The van der Waals surface area contributed by atoms with Crippen molar-refractivity contribution in [2.45, 2.75) is 6.92 Å². The molecule has 4 aromatic rings. The van der Waals surface area contributed by atoms with Gasteiger partial charge >= 0.3 is 5.63 Å². The number of hydrogen-bond acceptors (Lipinski definition) is 4. The maximum atomic E-state index is 12.0. The van der Waals surface area contributed by atoms with Gasteiger partial charge in [0, 0.05) is 35.8 Å². The van der Waals surface area contributed by atoms with Crippen molar-refractivity contribution in [3.05, 3.63) is 70.7 Å². The van der Waals surface area contributed by atoms with Gasteiger partial charge < -0.3 is 9.52 Å². The highest BCUT2D eigenvalue weighted by atomic mass is 16.4. The van der Waals surface area contributed by atoms with Crippen LogP contribution in [-0.2, 0) is 7.05 Å². The van der Waals surface area contributed by atoms with E-state index in [9.17, 15) is 9.90 Å². The second kappa shape index (κ2) is 5.63. The van der Waals surface area contributed by atoms with E-state index < -0.39 is 5.63 Å². The van der Waals surface area contributed by atoms with E-state index in [0.29, 0.717) is 16.7 Å². The van der Waals surface area contributed by atoms with E-state index >= 15 is 0 Å². The number of fused-ring (bicyclic) bond motifs is 1. The van der Waals surface area contributed by atoms with Gasteiger partial charge in [-0.1, -0.05) is 30.3 Å². The number of aromatic nitrogens is 2. The molecule has 4 rings (SSSR count). The molecule has 0 bridgehead atoms. The molecule has 1 N–H and O–H groups in total. The molecule has 0 fully saturated rings. The van der Waals surface area contributed by atoms with Gasteiger partial charge in [-0.2, -0.15) is 5.10 Å². The Hall–Kier alpha value is -3.34. The van der Waals surface area contributed by atoms with Crippen molar-refractivity contribution in [3.8, 4) is 28.1 Å². The summed E-state index contributed by atoms with van der Waals surface area (Å²) in [4.78, 5) is 12.0. The van der Waals surface area contributed by atoms with Crippen LogP contribution in [0.25, 0.3) is 33.4 Å². The molecule has 0 unspecified atom stereocenters. The smallest absolute Gasteiger partial charge is 0.336 e. The molecule has 0 saturated heterocycles. The second-order valence-electron chi connectivity index (χ2n) is 5.96. The lowest BCUT2D eigenvalue weighted by Gasteiger charge is -2.13. The lowest BCUT2D eigenvalue weighted by atomic mass is 9.96. The largest absolute Gasteiger partial charge is 0.507 e. The number of aromatic hydroxyl groups is 1. The van der Waals surface area contributed by atoms with E-state index in [-0.39, 0.29) is 5.75 Å². The van der Waals surface area contributed by atoms with Crippen molar-refractivity contribution in [1.82, 2.24) is 9.78 Å². The van der Waals surface area contributed by atoms with Gasteiger partial charge in [0.15, 0.2) is 0 Å². The standard InChI is InChI=1S/C20H16N2O3/c1-12-19(24)16(17-8-9-21-22(17)2)10-15-14(11-18(23)25-20(12)15)13-6-4-3-5-7-13/h3-11,24H,1-2H3. The summed E-state index contributed by atoms with van der Waals surface area (Å²) >= 11 is 0. The van der Waals surface area contributed by atoms with Crippen molar-refractivity contribution in [2.75, 3.05) is 0 Å². The molecule has 25 heavy (non-hydrogen) atoms. The fourth-order valence-corrected chi connectivity index (χ4v) is 3.14. The Bertz CT molecular complexity index is 1140. The summed E-state index contributed by atoms with van der Waals surface area (Å²) in [6, 6.07) is 14.8. The van der Waals surface area contributed by atoms with E-state index in [4.69, 9.17) is 4.42 Å². The summed E-state index contributed by atoms with van der Waals surface area (Å²) in [7, 11) is 1.82. The van der Waals surface area contributed by atoms with Crippen LogP contribution in [0.1, 0.15) is 5.56 Å². The SMILES string of the molecule is Cc1c(O)c(-c2ccnn2C)cc2c(-c3ccccc3)cc(=O)oc12. The average Bonchev–Trinajstić information content (AvgIpc) is 3.04. The van der Waals surface area contributed by atoms with Crippen LogP contribution in [0.15, 0.2) is 63.9 Å². The van der Waals surface area contributed by atoms with Gasteiger partial charge in [0.25, 0.3) is 0 Å². The topological polar surface area (TPSA) is 68.3 Å². The van der Waals surface area contributed by atoms with Crippen molar-refractivity contribution in [2.24, 2.45) is 7.05 Å². The molecule has 0 aliphatic carbocycles. The molecule has 2 aromatic heterocycles. The molecule has 5 heteroatoms. The fraction of sp³-hybridized carbons (Fsp3) is 0.100. The highest BCUT2D eigenvalue weighted by Crippen LogP contribution is 2.39. The van der Waals surface area contributed by atoms with E-state index in [2.05, 4.69) is 5.10 Å². The van der Waals surface area contributed by atoms with Gasteiger partial charge in [0.2, 0.25) is 0 Å². The van der Waals surface area contributed by atoms with Crippen LogP contribution in [-0.4, -0.2) is 14.9 Å². The predicted octanol–water partition coefficient (Wildman–Crippen LogP) is 3.87. The minimum Gasteiger partial charge on any atom is -0.507 e. The summed E-state index contributed by atoms with van der Waals surface area (Å²) in [6.07, 6.45) is 1.68. The van der Waals surface area contributed by atoms with Crippen LogP contribution in [0, 0.1) is 6.92 Å². The molecule has 0 aliphatic rings. The van der Waals surface area contributed by atoms with Crippen molar-refractivity contribution < 1.29 is 9.52 Å². The molecule has 5 nitrogen and oxygen atoms in total. The van der Waals surface area contributed by atoms with Gasteiger partial charge in [-0.3, -0.25) is 4.68 Å². The maximum Gasteiger partial charge on any atom is 0.336 e. The van der Waals surface area contributed by atoms with Crippen LogP contribution < -0.4 is 5.63 Å². The minimum atomic E-state index is -0.442. The van der Waals surface area contributed by atoms with Gasteiger partial charge in [-0.25, -0.2) is 4.79 Å². The van der Waals surface area contributed by atoms with Crippen LogP contribution in [0.5, 0.6) is 5.75 Å². The maximum absolute atomic E-state index is 12.0. The third-order valence-corrected chi connectivity index (χ3v) is 4.42. The normalized spacial score (nSPS) is 11.1. The van der Waals surface area contributed by atoms with Gasteiger partial charge in [0.05, 0.1) is 5.69 Å². The van der Waals surface area contributed by atoms with E-state index in [1.807, 2.05) is 49.5 Å². The molecule has 0 radical (unpaired) electrons. The Labute approximate surface area is 143 Å². The highest BCUT2D eigenvalue weighted by Gasteiger charge is 2.18. The minimum absolute atomic E-state index is 0.0875. The number of hydrogen-bond donors (Lipinski definition) is 1. The summed E-state index contributed by atoms with van der Waals surface area (Å²) < 4.78 is 7.10. The van der Waals surface area contributed by atoms with E-state index in [1.165, 1.54) is 6.07 Å². The number of aryl methyl sites for hydroxylation is 2. The Morgan fingerprint density at radius 3 is 2.52 bits per heavy atom. The van der Waals surface area contributed by atoms with Crippen molar-refractivity contribution in [3.63, 3.8) is 0 Å². The summed E-state index contributed by atoms with van der Waals surface area (Å²) in [5.74, 6) is 0.0875. The number of rotatable bonds is 2. The average molecular weight is 332 g/mol. The first-order valence-electron chi connectivity index (χ1n) is 7.90. The summed E-state index contributed by atoms with van der Waals surface area (Å²) in [6.45, 7) is 1.75. The Morgan fingerprint density at radius 1 is 1.08 bits per heavy atom. The van der Waals surface area contributed by atoms with Gasteiger partial charge in [0.1, 0.15) is 11.3 Å². The van der Waals surface area contributed by atoms with Crippen LogP contribution in [0.3, 0.4) is 0 Å².